The first-order chi connectivity index (χ1) is 8.04. The third kappa shape index (κ3) is 4.56. The highest BCUT2D eigenvalue weighted by Gasteiger charge is 2.20. The molecule has 1 unspecified atom stereocenters. The Balaban J connectivity index is 2.68. The summed E-state index contributed by atoms with van der Waals surface area (Å²) in [6.45, 7) is 2.42. The molecule has 5 heteroatoms. The van der Waals surface area contributed by atoms with Crippen LogP contribution in [0.3, 0.4) is 0 Å². The standard InChI is InChI=1S/C12H15ClF3N/c1-2-5-17-11(12(15)16)7-8-3-4-9(13)10(14)6-8/h3-4,6,11-12,17H,2,5,7H2,1H3. The third-order valence-electron chi connectivity index (χ3n) is 2.40. The average molecular weight is 266 g/mol. The first-order valence-electron chi connectivity index (χ1n) is 5.50. The zero-order valence-corrected chi connectivity index (χ0v) is 10.3. The number of nitrogens with one attached hydrogen (secondary N) is 1. The second-order valence-electron chi connectivity index (χ2n) is 3.85. The van der Waals surface area contributed by atoms with Crippen LogP contribution in [0.25, 0.3) is 0 Å². The number of hydrogen-bond donors (Lipinski definition) is 1. The minimum Gasteiger partial charge on any atom is -0.309 e. The summed E-state index contributed by atoms with van der Waals surface area (Å²) in [4.78, 5) is 0. The van der Waals surface area contributed by atoms with Crippen molar-refractivity contribution in [2.24, 2.45) is 0 Å². The van der Waals surface area contributed by atoms with Gasteiger partial charge in [0, 0.05) is 0 Å². The van der Waals surface area contributed by atoms with Gasteiger partial charge in [-0.2, -0.15) is 0 Å². The lowest BCUT2D eigenvalue weighted by atomic mass is 10.1. The van der Waals surface area contributed by atoms with Crippen LogP contribution in [0, 0.1) is 5.82 Å². The Hall–Kier alpha value is -0.740. The monoisotopic (exact) mass is 265 g/mol. The van der Waals surface area contributed by atoms with Crippen LogP contribution in [0.4, 0.5) is 13.2 Å². The van der Waals surface area contributed by atoms with Crippen molar-refractivity contribution in [1.29, 1.82) is 0 Å². The zero-order valence-electron chi connectivity index (χ0n) is 9.52. The van der Waals surface area contributed by atoms with Gasteiger partial charge in [-0.25, -0.2) is 13.2 Å². The van der Waals surface area contributed by atoms with Gasteiger partial charge in [0.05, 0.1) is 11.1 Å². The fourth-order valence-corrected chi connectivity index (χ4v) is 1.62. The molecule has 0 saturated carbocycles. The van der Waals surface area contributed by atoms with E-state index in [4.69, 9.17) is 11.6 Å². The largest absolute Gasteiger partial charge is 0.309 e. The molecule has 1 nitrogen and oxygen atoms in total. The van der Waals surface area contributed by atoms with Gasteiger partial charge in [0.15, 0.2) is 0 Å². The van der Waals surface area contributed by atoms with E-state index in [1.165, 1.54) is 12.1 Å². The fourth-order valence-electron chi connectivity index (χ4n) is 1.50. The van der Waals surface area contributed by atoms with E-state index in [0.29, 0.717) is 12.1 Å². The Morgan fingerprint density at radius 2 is 2.06 bits per heavy atom. The highest BCUT2D eigenvalue weighted by Crippen LogP contribution is 2.17. The smallest absolute Gasteiger partial charge is 0.254 e. The molecule has 0 bridgehead atoms. The zero-order chi connectivity index (χ0) is 12.8. The van der Waals surface area contributed by atoms with Gasteiger partial charge in [0.2, 0.25) is 0 Å². The SMILES string of the molecule is CCCNC(Cc1ccc(Cl)c(F)c1)C(F)F. The summed E-state index contributed by atoms with van der Waals surface area (Å²) in [5.41, 5.74) is 0.515. The molecule has 1 atom stereocenters. The quantitative estimate of drug-likeness (QED) is 0.828. The van der Waals surface area contributed by atoms with Crippen molar-refractivity contribution in [3.05, 3.63) is 34.6 Å². The number of halogens is 4. The Kier molecular flexibility index (Phi) is 5.78. The summed E-state index contributed by atoms with van der Waals surface area (Å²) < 4.78 is 38.6. The topological polar surface area (TPSA) is 12.0 Å². The van der Waals surface area contributed by atoms with E-state index >= 15 is 0 Å². The van der Waals surface area contributed by atoms with Gasteiger partial charge < -0.3 is 5.32 Å². The minimum atomic E-state index is -2.47. The number of alkyl halides is 2. The normalized spacial score (nSPS) is 13.1. The van der Waals surface area contributed by atoms with Crippen molar-refractivity contribution >= 4 is 11.6 Å². The Labute approximate surface area is 104 Å². The molecule has 0 aliphatic heterocycles. The molecule has 0 aromatic heterocycles. The lowest BCUT2D eigenvalue weighted by Gasteiger charge is -2.17. The fraction of sp³-hybridized carbons (Fsp3) is 0.500. The molecular weight excluding hydrogens is 251 g/mol. The molecule has 1 aromatic carbocycles. The number of hydrogen-bond acceptors (Lipinski definition) is 1. The predicted molar refractivity (Wildman–Crippen MR) is 63.2 cm³/mol. The molecule has 1 rings (SSSR count). The van der Waals surface area contributed by atoms with E-state index in [0.717, 1.165) is 6.42 Å². The molecule has 0 spiro atoms. The van der Waals surface area contributed by atoms with E-state index < -0.39 is 18.3 Å². The lowest BCUT2D eigenvalue weighted by molar-refractivity contribution is 0.0982. The third-order valence-corrected chi connectivity index (χ3v) is 2.71. The van der Waals surface area contributed by atoms with Gasteiger partial charge in [-0.05, 0) is 37.1 Å². The van der Waals surface area contributed by atoms with Crippen LogP contribution in [0.5, 0.6) is 0 Å². The molecule has 0 aliphatic carbocycles. The van der Waals surface area contributed by atoms with Gasteiger partial charge in [-0.1, -0.05) is 24.6 Å². The molecule has 0 radical (unpaired) electrons. The molecule has 0 saturated heterocycles. The second kappa shape index (κ2) is 6.87. The molecule has 96 valence electrons. The van der Waals surface area contributed by atoms with E-state index in [-0.39, 0.29) is 11.4 Å². The van der Waals surface area contributed by atoms with Crippen molar-refractivity contribution in [3.8, 4) is 0 Å². The van der Waals surface area contributed by atoms with Crippen molar-refractivity contribution < 1.29 is 13.2 Å². The molecule has 1 N–H and O–H groups in total. The van der Waals surface area contributed by atoms with Crippen LogP contribution in [0.15, 0.2) is 18.2 Å². The van der Waals surface area contributed by atoms with Crippen molar-refractivity contribution in [3.63, 3.8) is 0 Å². The van der Waals surface area contributed by atoms with Gasteiger partial charge in [0.25, 0.3) is 6.43 Å². The molecule has 0 amide bonds. The number of benzene rings is 1. The molecule has 0 fully saturated rings. The summed E-state index contributed by atoms with van der Waals surface area (Å²) in [5, 5.41) is 2.75. The lowest BCUT2D eigenvalue weighted by Crippen LogP contribution is -2.38. The van der Waals surface area contributed by atoms with Crippen molar-refractivity contribution in [1.82, 2.24) is 5.32 Å². The summed E-state index contributed by atoms with van der Waals surface area (Å²) in [5.74, 6) is -0.576. The highest BCUT2D eigenvalue weighted by molar-refractivity contribution is 6.30. The van der Waals surface area contributed by atoms with Crippen LogP contribution >= 0.6 is 11.6 Å². The molecule has 1 aromatic rings. The molecule has 0 aliphatic rings. The maximum absolute atomic E-state index is 13.1. The summed E-state index contributed by atoms with van der Waals surface area (Å²) in [6.07, 6.45) is -1.61. The average Bonchev–Trinajstić information content (AvgIpc) is 2.28. The first kappa shape index (κ1) is 14.3. The van der Waals surface area contributed by atoms with E-state index in [9.17, 15) is 13.2 Å². The van der Waals surface area contributed by atoms with Crippen LogP contribution in [0.1, 0.15) is 18.9 Å². The molecule has 17 heavy (non-hydrogen) atoms. The van der Waals surface area contributed by atoms with E-state index in [2.05, 4.69) is 5.32 Å². The van der Waals surface area contributed by atoms with Gasteiger partial charge in [-0.15, -0.1) is 0 Å². The maximum atomic E-state index is 13.1. The Bertz CT molecular complexity index is 358. The summed E-state index contributed by atoms with van der Waals surface area (Å²) in [6, 6.07) is 3.20. The van der Waals surface area contributed by atoms with Gasteiger partial charge in [0.1, 0.15) is 5.82 Å². The Morgan fingerprint density at radius 1 is 1.35 bits per heavy atom. The van der Waals surface area contributed by atoms with Crippen LogP contribution < -0.4 is 5.32 Å². The van der Waals surface area contributed by atoms with Crippen molar-refractivity contribution in [2.45, 2.75) is 32.2 Å². The summed E-state index contributed by atoms with van der Waals surface area (Å²) >= 11 is 5.52. The molecular formula is C12H15ClF3N. The second-order valence-corrected chi connectivity index (χ2v) is 4.25. The molecule has 0 heterocycles. The van der Waals surface area contributed by atoms with Gasteiger partial charge in [-0.3, -0.25) is 0 Å². The van der Waals surface area contributed by atoms with E-state index in [1.54, 1.807) is 6.07 Å². The van der Waals surface area contributed by atoms with Crippen LogP contribution in [0.2, 0.25) is 5.02 Å². The van der Waals surface area contributed by atoms with Crippen LogP contribution in [-0.2, 0) is 6.42 Å². The maximum Gasteiger partial charge on any atom is 0.254 e. The van der Waals surface area contributed by atoms with E-state index in [1.807, 2.05) is 6.92 Å². The van der Waals surface area contributed by atoms with Gasteiger partial charge >= 0.3 is 0 Å². The predicted octanol–water partition coefficient (Wildman–Crippen LogP) is 3.65. The number of rotatable bonds is 6. The summed E-state index contributed by atoms with van der Waals surface area (Å²) in [7, 11) is 0. The van der Waals surface area contributed by atoms with Crippen molar-refractivity contribution in [2.75, 3.05) is 6.54 Å². The Morgan fingerprint density at radius 3 is 2.59 bits per heavy atom. The first-order valence-corrected chi connectivity index (χ1v) is 5.87. The highest BCUT2D eigenvalue weighted by atomic mass is 35.5. The minimum absolute atomic E-state index is 0.00358. The van der Waals surface area contributed by atoms with Crippen LogP contribution in [-0.4, -0.2) is 19.0 Å².